The number of aromatic amines is 1. The van der Waals surface area contributed by atoms with Crippen LogP contribution in [0.25, 0.3) is 33.5 Å². The van der Waals surface area contributed by atoms with Crippen molar-refractivity contribution in [3.63, 3.8) is 0 Å². The number of imidazole rings is 1. The summed E-state index contributed by atoms with van der Waals surface area (Å²) in [5.41, 5.74) is 2.98. The fourth-order valence-electron chi connectivity index (χ4n) is 5.25. The van der Waals surface area contributed by atoms with Crippen LogP contribution in [0.3, 0.4) is 0 Å². The topological polar surface area (TPSA) is 117 Å². The van der Waals surface area contributed by atoms with Gasteiger partial charge in [-0.25, -0.2) is 14.4 Å². The highest BCUT2D eigenvalue weighted by atomic mass is 19.1. The molecule has 1 aliphatic heterocycles. The number of anilines is 2. The summed E-state index contributed by atoms with van der Waals surface area (Å²) in [4.78, 5) is 39.4. The fraction of sp³-hybridized carbons (Fsp3) is 0.357. The number of nitrogens with zero attached hydrogens (tertiary/aromatic N) is 4. The van der Waals surface area contributed by atoms with Crippen LogP contribution in [0.1, 0.15) is 29.6 Å². The lowest BCUT2D eigenvalue weighted by atomic mass is 10.0. The molecule has 4 aromatic rings. The zero-order valence-corrected chi connectivity index (χ0v) is 22.0. The van der Waals surface area contributed by atoms with Crippen molar-refractivity contribution in [1.29, 1.82) is 0 Å². The molecule has 202 valence electrons. The monoisotopic (exact) mass is 531 g/mol. The Hall–Kier alpha value is -4.25. The van der Waals surface area contributed by atoms with Gasteiger partial charge in [0, 0.05) is 75.4 Å². The highest BCUT2D eigenvalue weighted by Gasteiger charge is 2.31. The maximum Gasteiger partial charge on any atom is 0.253 e. The number of carbonyl (C=O) groups is 2. The van der Waals surface area contributed by atoms with Gasteiger partial charge in [-0.15, -0.1) is 0 Å². The van der Waals surface area contributed by atoms with Gasteiger partial charge in [0.1, 0.15) is 11.6 Å². The number of fused-ring (bicyclic) bond motifs is 1. The number of hydrogen-bond donors (Lipinski definition) is 3. The first kappa shape index (κ1) is 25.1. The van der Waals surface area contributed by atoms with E-state index in [0.717, 1.165) is 19.3 Å². The van der Waals surface area contributed by atoms with Gasteiger partial charge in [-0.05, 0) is 37.5 Å². The van der Waals surface area contributed by atoms with Crippen LogP contribution >= 0.6 is 0 Å². The van der Waals surface area contributed by atoms with E-state index in [1.165, 1.54) is 19.3 Å². The van der Waals surface area contributed by atoms with Gasteiger partial charge < -0.3 is 29.8 Å². The van der Waals surface area contributed by atoms with Crippen LogP contribution < -0.4 is 15.5 Å². The summed E-state index contributed by atoms with van der Waals surface area (Å²) in [6.45, 7) is 1.31. The van der Waals surface area contributed by atoms with E-state index in [4.69, 9.17) is 4.74 Å². The van der Waals surface area contributed by atoms with E-state index in [-0.39, 0.29) is 23.8 Å². The van der Waals surface area contributed by atoms with Crippen LogP contribution in [-0.4, -0.2) is 64.7 Å². The molecule has 11 heteroatoms. The molecule has 4 heterocycles. The molecule has 1 saturated heterocycles. The van der Waals surface area contributed by atoms with Gasteiger partial charge in [-0.1, -0.05) is 0 Å². The maximum absolute atomic E-state index is 16.2. The minimum absolute atomic E-state index is 0.0264. The summed E-state index contributed by atoms with van der Waals surface area (Å²) >= 11 is 0. The molecule has 6 rings (SSSR count). The average molecular weight is 532 g/mol. The Bertz CT molecular complexity index is 1590. The zero-order valence-electron chi connectivity index (χ0n) is 22.0. The lowest BCUT2D eigenvalue weighted by Gasteiger charge is -2.23. The summed E-state index contributed by atoms with van der Waals surface area (Å²) in [5, 5.41) is 6.06. The molecular formula is C28H30FN7O3. The molecule has 3 N–H and O–H groups in total. The number of rotatable bonds is 7. The van der Waals surface area contributed by atoms with E-state index >= 15 is 4.39 Å². The number of carbonyl (C=O) groups excluding carboxylic acids is 2. The first-order chi connectivity index (χ1) is 18.9. The molecule has 0 spiro atoms. The molecule has 2 aliphatic rings. The SMILES string of the molecule is CNC(=O)c1cnc(NC(=O)C2CC2)c2[nH]c(-c3c(F)cc(-c4nccn4C)cc3N3CCC(OC)C3)cc12. The van der Waals surface area contributed by atoms with Crippen LogP contribution in [0.5, 0.6) is 0 Å². The highest BCUT2D eigenvalue weighted by Crippen LogP contribution is 2.41. The third-order valence-electron chi connectivity index (χ3n) is 7.57. The number of benzene rings is 1. The van der Waals surface area contributed by atoms with E-state index in [1.807, 2.05) is 23.9 Å². The van der Waals surface area contributed by atoms with Crippen molar-refractivity contribution >= 4 is 34.2 Å². The molecule has 3 aromatic heterocycles. The lowest BCUT2D eigenvalue weighted by molar-refractivity contribution is -0.117. The van der Waals surface area contributed by atoms with Crippen LogP contribution in [0.4, 0.5) is 15.9 Å². The molecule has 1 atom stereocenters. The van der Waals surface area contributed by atoms with E-state index in [0.29, 0.717) is 63.7 Å². The quantitative estimate of drug-likeness (QED) is 0.335. The van der Waals surface area contributed by atoms with Crippen molar-refractivity contribution in [2.24, 2.45) is 13.0 Å². The van der Waals surface area contributed by atoms with Crippen molar-refractivity contribution in [1.82, 2.24) is 24.8 Å². The summed E-state index contributed by atoms with van der Waals surface area (Å²) in [7, 11) is 5.09. The Morgan fingerprint density at radius 2 is 2.00 bits per heavy atom. The third-order valence-corrected chi connectivity index (χ3v) is 7.57. The number of H-pyrrole nitrogens is 1. The first-order valence-corrected chi connectivity index (χ1v) is 13.0. The van der Waals surface area contributed by atoms with Gasteiger partial charge in [-0.3, -0.25) is 9.59 Å². The largest absolute Gasteiger partial charge is 0.380 e. The number of methoxy groups -OCH3 is 1. The molecule has 10 nitrogen and oxygen atoms in total. The predicted molar refractivity (Wildman–Crippen MR) is 146 cm³/mol. The molecule has 0 radical (unpaired) electrons. The second kappa shape index (κ2) is 9.81. The molecule has 2 fully saturated rings. The molecule has 1 unspecified atom stereocenters. The second-order valence-electron chi connectivity index (χ2n) is 10.1. The Labute approximate surface area is 224 Å². The van der Waals surface area contributed by atoms with Gasteiger partial charge in [0.15, 0.2) is 5.82 Å². The first-order valence-electron chi connectivity index (χ1n) is 13.0. The number of aromatic nitrogens is 4. The van der Waals surface area contributed by atoms with Gasteiger partial charge >= 0.3 is 0 Å². The summed E-state index contributed by atoms with van der Waals surface area (Å²) in [5.74, 6) is 0.0653. The standard InChI is InChI=1S/C28H30FN7O3/c1-30-28(38)19-13-32-25(34-27(37)15-4-5-15)24-18(19)12-21(33-24)23-20(29)10-16(26-31-7-9-35(26)2)11-22(23)36-8-6-17(14-36)39-3/h7,9-13,15,17,33H,4-6,8,14H2,1-3H3,(H,30,38)(H,32,34,37). The van der Waals surface area contributed by atoms with Gasteiger partial charge in [0.25, 0.3) is 5.91 Å². The maximum atomic E-state index is 16.2. The Balaban J connectivity index is 1.53. The molecule has 39 heavy (non-hydrogen) atoms. The molecule has 2 amide bonds. The number of aryl methyl sites for hydroxylation is 1. The van der Waals surface area contributed by atoms with E-state index < -0.39 is 5.82 Å². The number of pyridine rings is 1. The van der Waals surface area contributed by atoms with Crippen LogP contribution in [0, 0.1) is 11.7 Å². The third kappa shape index (κ3) is 4.52. The van der Waals surface area contributed by atoms with Gasteiger partial charge in [0.2, 0.25) is 5.91 Å². The molecule has 1 aromatic carbocycles. The highest BCUT2D eigenvalue weighted by molar-refractivity contribution is 6.11. The van der Waals surface area contributed by atoms with Gasteiger partial charge in [-0.2, -0.15) is 0 Å². The molecule has 0 bridgehead atoms. The minimum Gasteiger partial charge on any atom is -0.380 e. The number of amides is 2. The Morgan fingerprint density at radius 3 is 2.67 bits per heavy atom. The van der Waals surface area contributed by atoms with Crippen molar-refractivity contribution in [3.8, 4) is 22.6 Å². The summed E-state index contributed by atoms with van der Waals surface area (Å²) in [6.07, 6.45) is 7.48. The Morgan fingerprint density at radius 1 is 1.18 bits per heavy atom. The molecule has 1 saturated carbocycles. The zero-order chi connectivity index (χ0) is 27.3. The summed E-state index contributed by atoms with van der Waals surface area (Å²) in [6, 6.07) is 5.17. The average Bonchev–Trinajstić information content (AvgIpc) is 3.30. The van der Waals surface area contributed by atoms with Crippen LogP contribution in [-0.2, 0) is 16.6 Å². The number of hydrogen-bond acceptors (Lipinski definition) is 6. The van der Waals surface area contributed by atoms with E-state index in [2.05, 4.69) is 30.5 Å². The molecular weight excluding hydrogens is 501 g/mol. The Kier molecular flexibility index (Phi) is 6.30. The van der Waals surface area contributed by atoms with Crippen molar-refractivity contribution < 1.29 is 18.7 Å². The predicted octanol–water partition coefficient (Wildman–Crippen LogP) is 3.70. The lowest BCUT2D eigenvalue weighted by Crippen LogP contribution is -2.23. The smallest absolute Gasteiger partial charge is 0.253 e. The molecule has 1 aliphatic carbocycles. The van der Waals surface area contributed by atoms with Crippen molar-refractivity contribution in [3.05, 3.63) is 48.2 Å². The van der Waals surface area contributed by atoms with E-state index in [9.17, 15) is 9.59 Å². The van der Waals surface area contributed by atoms with Gasteiger partial charge in [0.05, 0.1) is 28.4 Å². The fourth-order valence-corrected chi connectivity index (χ4v) is 5.25. The van der Waals surface area contributed by atoms with E-state index in [1.54, 1.807) is 19.4 Å². The van der Waals surface area contributed by atoms with Crippen LogP contribution in [0.15, 0.2) is 36.8 Å². The number of ether oxygens (including phenoxy) is 1. The summed E-state index contributed by atoms with van der Waals surface area (Å²) < 4.78 is 23.6. The second-order valence-corrected chi connectivity index (χ2v) is 10.1. The van der Waals surface area contributed by atoms with Crippen LogP contribution in [0.2, 0.25) is 0 Å². The minimum atomic E-state index is -0.434. The van der Waals surface area contributed by atoms with Crippen molar-refractivity contribution in [2.75, 3.05) is 37.5 Å². The normalized spacial score (nSPS) is 17.1. The number of nitrogens with one attached hydrogen (secondary N) is 3. The number of halogens is 1. The van der Waals surface area contributed by atoms with Crippen molar-refractivity contribution in [2.45, 2.75) is 25.4 Å².